The molecular weight excluding hydrogens is 196 g/mol. The minimum atomic E-state index is -1.42. The summed E-state index contributed by atoms with van der Waals surface area (Å²) >= 11 is 0. The van der Waals surface area contributed by atoms with Crippen LogP contribution in [0.1, 0.15) is 32.6 Å². The van der Waals surface area contributed by atoms with Crippen molar-refractivity contribution < 1.29 is 19.7 Å². The van der Waals surface area contributed by atoms with E-state index in [2.05, 4.69) is 0 Å². The summed E-state index contributed by atoms with van der Waals surface area (Å²) in [6, 6.07) is 0. The van der Waals surface area contributed by atoms with Crippen molar-refractivity contribution in [3.05, 3.63) is 23.5 Å². The Bertz CT molecular complexity index is 289. The Kier molecular flexibility index (Phi) is 4.52. The van der Waals surface area contributed by atoms with E-state index >= 15 is 0 Å². The van der Waals surface area contributed by atoms with E-state index in [1.165, 1.54) is 6.08 Å². The Balaban J connectivity index is 2.42. The van der Waals surface area contributed by atoms with E-state index in [0.29, 0.717) is 5.57 Å². The van der Waals surface area contributed by atoms with Crippen LogP contribution >= 0.6 is 0 Å². The Morgan fingerprint density at radius 1 is 1.67 bits per heavy atom. The number of allylic oxidation sites excluding steroid dienone is 2. The van der Waals surface area contributed by atoms with Crippen LogP contribution in [0.4, 0.5) is 0 Å². The molecule has 0 heterocycles. The molecule has 0 bridgehead atoms. The van der Waals surface area contributed by atoms with E-state index in [9.17, 15) is 4.79 Å². The van der Waals surface area contributed by atoms with Crippen LogP contribution in [0.3, 0.4) is 0 Å². The molecule has 0 saturated heterocycles. The zero-order valence-electron chi connectivity index (χ0n) is 8.77. The number of esters is 1. The molecule has 1 rings (SSSR count). The van der Waals surface area contributed by atoms with Crippen molar-refractivity contribution in [3.8, 4) is 0 Å². The molecule has 0 saturated carbocycles. The molecular formula is C11H16O4. The molecule has 0 aromatic rings. The molecule has 4 nitrogen and oxygen atoms in total. The zero-order valence-corrected chi connectivity index (χ0v) is 8.77. The second-order valence-corrected chi connectivity index (χ2v) is 3.56. The van der Waals surface area contributed by atoms with Gasteiger partial charge in [0.2, 0.25) is 0 Å². The van der Waals surface area contributed by atoms with E-state index in [4.69, 9.17) is 14.9 Å². The van der Waals surface area contributed by atoms with Gasteiger partial charge in [-0.2, -0.15) is 0 Å². The maximum atomic E-state index is 11.4. The van der Waals surface area contributed by atoms with Crippen LogP contribution in [0.5, 0.6) is 0 Å². The van der Waals surface area contributed by atoms with Gasteiger partial charge in [-0.1, -0.05) is 6.08 Å². The Hall–Kier alpha value is -1.13. The lowest BCUT2D eigenvalue weighted by Crippen LogP contribution is -2.07. The van der Waals surface area contributed by atoms with E-state index in [0.717, 1.165) is 25.0 Å². The number of ether oxygens (including phenoxy) is 1. The third-order valence-corrected chi connectivity index (χ3v) is 2.18. The fourth-order valence-corrected chi connectivity index (χ4v) is 1.30. The number of carbonyl (C=O) groups is 1. The van der Waals surface area contributed by atoms with Crippen molar-refractivity contribution in [1.29, 1.82) is 0 Å². The number of rotatable bonds is 4. The predicted octanol–water partition coefficient (Wildman–Crippen LogP) is 1.24. The molecule has 4 heteroatoms. The lowest BCUT2D eigenvalue weighted by atomic mass is 10.2. The zero-order chi connectivity index (χ0) is 11.3. The van der Waals surface area contributed by atoms with Crippen molar-refractivity contribution in [3.63, 3.8) is 0 Å². The molecule has 2 N–H and O–H groups in total. The van der Waals surface area contributed by atoms with Gasteiger partial charge in [-0.05, 0) is 25.8 Å². The quantitative estimate of drug-likeness (QED) is 0.418. The monoisotopic (exact) mass is 212 g/mol. The van der Waals surface area contributed by atoms with Gasteiger partial charge in [-0.25, -0.2) is 4.79 Å². The summed E-state index contributed by atoms with van der Waals surface area (Å²) in [5.74, 6) is 0.307. The summed E-state index contributed by atoms with van der Waals surface area (Å²) in [5.41, 5.74) is 0.399. The first kappa shape index (κ1) is 11.9. The van der Waals surface area contributed by atoms with Crippen LogP contribution in [0.2, 0.25) is 0 Å². The average Bonchev–Trinajstić information content (AvgIpc) is 2.66. The van der Waals surface area contributed by atoms with Crippen molar-refractivity contribution in [2.24, 2.45) is 0 Å². The first-order valence-corrected chi connectivity index (χ1v) is 5.03. The number of aliphatic hydroxyl groups excluding tert-OH is 1. The molecule has 0 amide bonds. The molecule has 0 atom stereocenters. The smallest absolute Gasteiger partial charge is 0.338 e. The van der Waals surface area contributed by atoms with Gasteiger partial charge in [0.25, 0.3) is 0 Å². The fraction of sp³-hybridized carbons (Fsp3) is 0.545. The molecule has 15 heavy (non-hydrogen) atoms. The third-order valence-electron chi connectivity index (χ3n) is 2.18. The largest absolute Gasteiger partial charge is 0.428 e. The summed E-state index contributed by atoms with van der Waals surface area (Å²) in [7, 11) is 0. The van der Waals surface area contributed by atoms with E-state index < -0.39 is 12.3 Å². The van der Waals surface area contributed by atoms with Crippen LogP contribution in [0.15, 0.2) is 23.5 Å². The van der Waals surface area contributed by atoms with Gasteiger partial charge < -0.3 is 14.9 Å². The number of aliphatic hydroxyl groups is 2. The Morgan fingerprint density at radius 2 is 2.40 bits per heavy atom. The molecule has 1 aliphatic rings. The second kappa shape index (κ2) is 5.68. The van der Waals surface area contributed by atoms with Gasteiger partial charge >= 0.3 is 5.97 Å². The van der Waals surface area contributed by atoms with Crippen molar-refractivity contribution in [2.75, 3.05) is 0 Å². The Morgan fingerprint density at radius 3 is 2.93 bits per heavy atom. The van der Waals surface area contributed by atoms with Crippen LogP contribution in [0.25, 0.3) is 0 Å². The number of hydrogen-bond donors (Lipinski definition) is 2. The minimum Gasteiger partial charge on any atom is -0.428 e. The molecule has 0 aliphatic heterocycles. The van der Waals surface area contributed by atoms with Gasteiger partial charge in [0, 0.05) is 18.4 Å². The summed E-state index contributed by atoms with van der Waals surface area (Å²) in [4.78, 5) is 11.4. The highest BCUT2D eigenvalue weighted by Crippen LogP contribution is 2.19. The third kappa shape index (κ3) is 4.27. The van der Waals surface area contributed by atoms with Gasteiger partial charge in [-0.3, -0.25) is 0 Å². The maximum absolute atomic E-state index is 11.4. The first-order valence-electron chi connectivity index (χ1n) is 5.03. The standard InChI is InChI=1S/C11H16O4/c1-8(6-7-10(12)13)11(14)15-9-4-2-3-5-9/h4,6,10,12-13H,2-3,5,7H2,1H3. The van der Waals surface area contributed by atoms with E-state index in [1.54, 1.807) is 6.92 Å². The lowest BCUT2D eigenvalue weighted by Gasteiger charge is -2.05. The molecule has 84 valence electrons. The van der Waals surface area contributed by atoms with Crippen molar-refractivity contribution in [1.82, 2.24) is 0 Å². The van der Waals surface area contributed by atoms with Gasteiger partial charge in [0.05, 0.1) is 0 Å². The van der Waals surface area contributed by atoms with Gasteiger partial charge in [0.15, 0.2) is 6.29 Å². The Labute approximate surface area is 88.9 Å². The summed E-state index contributed by atoms with van der Waals surface area (Å²) in [6.07, 6.45) is 4.79. The van der Waals surface area contributed by atoms with Gasteiger partial charge in [0.1, 0.15) is 5.76 Å². The normalized spacial score (nSPS) is 16.8. The molecule has 0 fully saturated rings. The number of hydrogen-bond acceptors (Lipinski definition) is 4. The van der Waals surface area contributed by atoms with E-state index in [-0.39, 0.29) is 6.42 Å². The van der Waals surface area contributed by atoms with Crippen LogP contribution in [0, 0.1) is 0 Å². The summed E-state index contributed by atoms with van der Waals surface area (Å²) in [6.45, 7) is 1.60. The minimum absolute atomic E-state index is 0.0416. The van der Waals surface area contributed by atoms with Crippen LogP contribution in [-0.4, -0.2) is 22.5 Å². The SMILES string of the molecule is CC(=CCC(O)O)C(=O)OC1=CCCC1. The maximum Gasteiger partial charge on any atom is 0.338 e. The second-order valence-electron chi connectivity index (χ2n) is 3.56. The average molecular weight is 212 g/mol. The molecule has 0 unspecified atom stereocenters. The van der Waals surface area contributed by atoms with Crippen LogP contribution < -0.4 is 0 Å². The lowest BCUT2D eigenvalue weighted by molar-refractivity contribution is -0.135. The molecule has 0 aromatic carbocycles. The van der Waals surface area contributed by atoms with Crippen molar-refractivity contribution >= 4 is 5.97 Å². The summed E-state index contributed by atoms with van der Waals surface area (Å²) in [5, 5.41) is 17.2. The number of carbonyl (C=O) groups excluding carboxylic acids is 1. The predicted molar refractivity (Wildman–Crippen MR) is 54.6 cm³/mol. The highest BCUT2D eigenvalue weighted by atomic mass is 16.5. The highest BCUT2D eigenvalue weighted by molar-refractivity contribution is 5.88. The summed E-state index contributed by atoms with van der Waals surface area (Å²) < 4.78 is 5.10. The van der Waals surface area contributed by atoms with Crippen molar-refractivity contribution in [2.45, 2.75) is 38.9 Å². The first-order chi connectivity index (χ1) is 7.09. The molecule has 0 radical (unpaired) electrons. The molecule has 0 spiro atoms. The molecule has 1 aliphatic carbocycles. The molecule has 0 aromatic heterocycles. The van der Waals surface area contributed by atoms with Crippen LogP contribution in [-0.2, 0) is 9.53 Å². The van der Waals surface area contributed by atoms with Gasteiger partial charge in [-0.15, -0.1) is 0 Å². The fourth-order valence-electron chi connectivity index (χ4n) is 1.30. The highest BCUT2D eigenvalue weighted by Gasteiger charge is 2.12. The van der Waals surface area contributed by atoms with E-state index in [1.807, 2.05) is 6.08 Å². The topological polar surface area (TPSA) is 66.8 Å².